The van der Waals surface area contributed by atoms with Gasteiger partial charge in [-0.1, -0.05) is 20.8 Å². The van der Waals surface area contributed by atoms with Crippen molar-refractivity contribution in [1.29, 1.82) is 0 Å². The van der Waals surface area contributed by atoms with Crippen LogP contribution < -0.4 is 14.4 Å². The molecule has 0 unspecified atom stereocenters. The summed E-state index contributed by atoms with van der Waals surface area (Å²) in [5, 5.41) is 0. The molecule has 1 aromatic rings. The summed E-state index contributed by atoms with van der Waals surface area (Å²) in [6, 6.07) is 7.80. The van der Waals surface area contributed by atoms with E-state index in [-0.39, 0.29) is 0 Å². The molecule has 0 spiro atoms. The number of quaternary nitrogens is 1. The highest BCUT2D eigenvalue weighted by atomic mass is 16.5. The number of piperidine rings is 1. The number of likely N-dealkylation sites (tertiary alicyclic amines) is 1. The Balaban J connectivity index is 1.53. The molecule has 0 aliphatic carbocycles. The van der Waals surface area contributed by atoms with Crippen molar-refractivity contribution in [2.75, 3.05) is 46.1 Å². The summed E-state index contributed by atoms with van der Waals surface area (Å²) in [5.41, 5.74) is 0. The van der Waals surface area contributed by atoms with Crippen molar-refractivity contribution in [3.8, 4) is 11.5 Å². The Morgan fingerprint density at radius 3 is 2.04 bits per heavy atom. The van der Waals surface area contributed by atoms with Crippen molar-refractivity contribution >= 4 is 0 Å². The van der Waals surface area contributed by atoms with Crippen LogP contribution in [0.5, 0.6) is 11.5 Å². The van der Waals surface area contributed by atoms with Crippen molar-refractivity contribution in [3.05, 3.63) is 24.3 Å². The maximum absolute atomic E-state index is 5.73. The lowest BCUT2D eigenvalue weighted by molar-refractivity contribution is -0.912. The van der Waals surface area contributed by atoms with Crippen LogP contribution in [0.25, 0.3) is 0 Å². The van der Waals surface area contributed by atoms with E-state index >= 15 is 0 Å². The molecule has 0 amide bonds. The number of benzene rings is 1. The average Bonchev–Trinajstić information content (AvgIpc) is 2.56. The van der Waals surface area contributed by atoms with Crippen LogP contribution in [0.4, 0.5) is 0 Å². The van der Waals surface area contributed by atoms with E-state index in [1.807, 2.05) is 24.3 Å². The molecule has 1 fully saturated rings. The molecule has 2 rings (SSSR count). The molecule has 1 aliphatic heterocycles. The highest BCUT2D eigenvalue weighted by Crippen LogP contribution is 2.17. The van der Waals surface area contributed by atoms with Gasteiger partial charge in [0.15, 0.2) is 0 Å². The third kappa shape index (κ3) is 7.10. The second kappa shape index (κ2) is 10.6. The maximum Gasteiger partial charge on any atom is 0.119 e. The predicted octanol–water partition coefficient (Wildman–Crippen LogP) is 2.43. The Bertz CT molecular complexity index is 439. The zero-order chi connectivity index (χ0) is 17.2. The van der Waals surface area contributed by atoms with Gasteiger partial charge in [0.25, 0.3) is 0 Å². The molecule has 1 N–H and O–H groups in total. The van der Waals surface area contributed by atoms with Crippen LogP contribution in [-0.4, -0.2) is 46.1 Å². The van der Waals surface area contributed by atoms with Gasteiger partial charge < -0.3 is 19.1 Å². The van der Waals surface area contributed by atoms with Gasteiger partial charge in [-0.3, -0.25) is 0 Å². The second-order valence-corrected chi connectivity index (χ2v) is 7.13. The minimum Gasteiger partial charge on any atom is -0.494 e. The molecule has 1 saturated heterocycles. The lowest BCUT2D eigenvalue weighted by Gasteiger charge is -2.31. The van der Waals surface area contributed by atoms with Gasteiger partial charge in [0, 0.05) is 11.8 Å². The number of nitrogens with one attached hydrogen (secondary N) is 1. The Hall–Kier alpha value is -1.26. The highest BCUT2D eigenvalue weighted by molar-refractivity contribution is 5.31. The van der Waals surface area contributed by atoms with E-state index in [0.29, 0.717) is 13.2 Å². The first-order chi connectivity index (χ1) is 11.7. The minimum absolute atomic E-state index is 0.595. The van der Waals surface area contributed by atoms with Gasteiger partial charge in [0.1, 0.15) is 24.7 Å². The van der Waals surface area contributed by atoms with Crippen molar-refractivity contribution in [3.63, 3.8) is 0 Å². The largest absolute Gasteiger partial charge is 0.494 e. The number of hydrogen-bond acceptors (Lipinski definition) is 3. The van der Waals surface area contributed by atoms with Crippen LogP contribution in [0.3, 0.4) is 0 Å². The molecule has 4 heteroatoms. The lowest BCUT2D eigenvalue weighted by atomic mass is 9.92. The molecule has 0 aromatic heterocycles. The fourth-order valence-corrected chi connectivity index (χ4v) is 3.52. The molecule has 0 saturated carbocycles. The van der Waals surface area contributed by atoms with Crippen LogP contribution in [0.2, 0.25) is 0 Å². The molecular formula is C20H34NO3+. The van der Waals surface area contributed by atoms with Crippen molar-refractivity contribution in [2.45, 2.75) is 33.6 Å². The van der Waals surface area contributed by atoms with Crippen molar-refractivity contribution in [1.82, 2.24) is 0 Å². The normalized spacial score (nSPS) is 23.9. The van der Waals surface area contributed by atoms with Crippen LogP contribution in [0.15, 0.2) is 24.3 Å². The van der Waals surface area contributed by atoms with Crippen LogP contribution in [0.1, 0.15) is 33.6 Å². The van der Waals surface area contributed by atoms with Gasteiger partial charge in [-0.25, -0.2) is 0 Å². The van der Waals surface area contributed by atoms with Gasteiger partial charge in [0.2, 0.25) is 0 Å². The third-order valence-corrected chi connectivity index (χ3v) is 4.47. The Morgan fingerprint density at radius 2 is 1.46 bits per heavy atom. The quantitative estimate of drug-likeness (QED) is 0.666. The smallest absolute Gasteiger partial charge is 0.119 e. The molecule has 1 aromatic carbocycles. The summed E-state index contributed by atoms with van der Waals surface area (Å²) in [7, 11) is 0. The topological polar surface area (TPSA) is 32.1 Å². The molecule has 0 radical (unpaired) electrons. The van der Waals surface area contributed by atoms with Crippen molar-refractivity contribution in [2.24, 2.45) is 11.8 Å². The first-order valence-electron chi connectivity index (χ1n) is 9.44. The molecule has 136 valence electrons. The predicted molar refractivity (Wildman–Crippen MR) is 97.1 cm³/mol. The monoisotopic (exact) mass is 336 g/mol. The van der Waals surface area contributed by atoms with Crippen LogP contribution in [0, 0.1) is 11.8 Å². The minimum atomic E-state index is 0.595. The third-order valence-electron chi connectivity index (χ3n) is 4.47. The van der Waals surface area contributed by atoms with Gasteiger partial charge in [-0.15, -0.1) is 0 Å². The van der Waals surface area contributed by atoms with E-state index in [1.54, 1.807) is 4.90 Å². The first-order valence-corrected chi connectivity index (χ1v) is 9.44. The molecular weight excluding hydrogens is 302 g/mol. The number of rotatable bonds is 10. The van der Waals surface area contributed by atoms with E-state index in [0.717, 1.165) is 49.5 Å². The summed E-state index contributed by atoms with van der Waals surface area (Å²) in [4.78, 5) is 1.69. The Kier molecular flexibility index (Phi) is 8.40. The van der Waals surface area contributed by atoms with Gasteiger partial charge >= 0.3 is 0 Å². The fourth-order valence-electron chi connectivity index (χ4n) is 3.52. The SMILES string of the molecule is CCCOc1ccc(OCCOCC[NH+]2C[C@@H](C)C[C@H](C)C2)cc1. The summed E-state index contributed by atoms with van der Waals surface area (Å²) >= 11 is 0. The number of ether oxygens (including phenoxy) is 3. The second-order valence-electron chi connectivity index (χ2n) is 7.13. The molecule has 4 nitrogen and oxygen atoms in total. The van der Waals surface area contributed by atoms with Gasteiger partial charge in [-0.2, -0.15) is 0 Å². The van der Waals surface area contributed by atoms with E-state index in [2.05, 4.69) is 20.8 Å². The van der Waals surface area contributed by atoms with E-state index in [1.165, 1.54) is 19.5 Å². The summed E-state index contributed by atoms with van der Waals surface area (Å²) in [6.45, 7) is 13.3. The van der Waals surface area contributed by atoms with Gasteiger partial charge in [-0.05, 0) is 37.1 Å². The van der Waals surface area contributed by atoms with E-state index in [4.69, 9.17) is 14.2 Å². The average molecular weight is 336 g/mol. The number of hydrogen-bond donors (Lipinski definition) is 1. The lowest BCUT2D eigenvalue weighted by Crippen LogP contribution is -3.14. The van der Waals surface area contributed by atoms with E-state index < -0.39 is 0 Å². The standard InChI is InChI=1S/C20H33NO3/c1-4-10-23-19-5-7-20(8-6-19)24-13-12-22-11-9-21-15-17(2)14-18(3)16-21/h5-8,17-18H,4,9-16H2,1-3H3/p+1/t17-,18-/m0/s1. The van der Waals surface area contributed by atoms with Gasteiger partial charge in [0.05, 0.1) is 32.9 Å². The van der Waals surface area contributed by atoms with Crippen LogP contribution in [-0.2, 0) is 4.74 Å². The summed E-state index contributed by atoms with van der Waals surface area (Å²) in [5.74, 6) is 3.45. The maximum atomic E-state index is 5.73. The Morgan fingerprint density at radius 1 is 0.875 bits per heavy atom. The Labute approximate surface area is 147 Å². The van der Waals surface area contributed by atoms with Crippen molar-refractivity contribution < 1.29 is 19.1 Å². The molecule has 1 aliphatic rings. The summed E-state index contributed by atoms with van der Waals surface area (Å²) < 4.78 is 17.0. The molecule has 2 atom stereocenters. The zero-order valence-corrected chi connectivity index (χ0v) is 15.6. The van der Waals surface area contributed by atoms with Crippen LogP contribution >= 0.6 is 0 Å². The zero-order valence-electron chi connectivity index (χ0n) is 15.6. The first kappa shape index (κ1) is 19.1. The molecule has 0 bridgehead atoms. The van der Waals surface area contributed by atoms with E-state index in [9.17, 15) is 0 Å². The molecule has 1 heterocycles. The fraction of sp³-hybridized carbons (Fsp3) is 0.700. The molecule has 24 heavy (non-hydrogen) atoms. The highest BCUT2D eigenvalue weighted by Gasteiger charge is 2.24. The summed E-state index contributed by atoms with van der Waals surface area (Å²) in [6.07, 6.45) is 2.40.